The van der Waals surface area contributed by atoms with Gasteiger partial charge < -0.3 is 9.94 Å². The van der Waals surface area contributed by atoms with E-state index < -0.39 is 11.2 Å². The van der Waals surface area contributed by atoms with Crippen molar-refractivity contribution in [1.29, 1.82) is 5.26 Å². The third kappa shape index (κ3) is 5.01. The first-order chi connectivity index (χ1) is 20.2. The van der Waals surface area contributed by atoms with Crippen LogP contribution in [0.25, 0.3) is 16.9 Å². The lowest BCUT2D eigenvalue weighted by molar-refractivity contribution is -0.0528. The zero-order valence-corrected chi connectivity index (χ0v) is 24.4. The molecule has 6 rings (SSSR count). The van der Waals surface area contributed by atoms with Crippen LogP contribution in [0, 0.1) is 11.3 Å². The van der Waals surface area contributed by atoms with Gasteiger partial charge in [-0.25, -0.2) is 4.52 Å². The Bertz CT molecular complexity index is 1750. The van der Waals surface area contributed by atoms with Gasteiger partial charge in [-0.15, -0.1) is 0 Å². The molecule has 216 valence electrons. The predicted octanol–water partition coefficient (Wildman–Crippen LogP) is 5.37. The fourth-order valence-electron chi connectivity index (χ4n) is 6.42. The number of nitriles is 1. The average Bonchev–Trinajstić information content (AvgIpc) is 3.64. The molecule has 9 heteroatoms. The molecule has 1 spiro atoms. The molecule has 0 amide bonds. The lowest BCUT2D eigenvalue weighted by Crippen LogP contribution is -2.41. The molecule has 0 radical (unpaired) electrons. The van der Waals surface area contributed by atoms with E-state index in [1.54, 1.807) is 13.8 Å². The van der Waals surface area contributed by atoms with Crippen LogP contribution in [-0.4, -0.2) is 41.2 Å². The molecule has 2 aromatic carbocycles. The number of aliphatic hydroxyl groups is 1. The molecule has 1 saturated carbocycles. The second-order valence-corrected chi connectivity index (χ2v) is 12.1. The zero-order valence-electron chi connectivity index (χ0n) is 24.4. The first kappa shape index (κ1) is 27.9. The van der Waals surface area contributed by atoms with Crippen LogP contribution in [0.15, 0.2) is 64.8 Å². The summed E-state index contributed by atoms with van der Waals surface area (Å²) >= 11 is 0. The summed E-state index contributed by atoms with van der Waals surface area (Å²) in [6.07, 6.45) is 7.19. The lowest BCUT2D eigenvalue weighted by atomic mass is 9.77. The Morgan fingerprint density at radius 3 is 2.55 bits per heavy atom. The van der Waals surface area contributed by atoms with Crippen LogP contribution in [0.5, 0.6) is 0 Å². The van der Waals surface area contributed by atoms with Crippen LogP contribution >= 0.6 is 0 Å². The molecule has 1 aliphatic heterocycles. The van der Waals surface area contributed by atoms with Crippen molar-refractivity contribution < 1.29 is 9.94 Å². The number of benzene rings is 2. The molecule has 2 aromatic heterocycles. The van der Waals surface area contributed by atoms with Crippen LogP contribution in [0.3, 0.4) is 0 Å². The van der Waals surface area contributed by atoms with E-state index in [4.69, 9.17) is 4.84 Å². The molecule has 4 aromatic rings. The van der Waals surface area contributed by atoms with Crippen LogP contribution in [0.1, 0.15) is 87.7 Å². The van der Waals surface area contributed by atoms with Gasteiger partial charge in [0.2, 0.25) is 5.78 Å². The Kier molecular flexibility index (Phi) is 7.19. The Morgan fingerprint density at radius 1 is 1.14 bits per heavy atom. The molecule has 3 heterocycles. The van der Waals surface area contributed by atoms with Crippen LogP contribution < -0.4 is 5.56 Å². The highest BCUT2D eigenvalue weighted by Gasteiger charge is 2.46. The van der Waals surface area contributed by atoms with Crippen molar-refractivity contribution in [3.8, 4) is 17.2 Å². The van der Waals surface area contributed by atoms with Gasteiger partial charge in [0.25, 0.3) is 5.56 Å². The number of oxime groups is 1. The van der Waals surface area contributed by atoms with E-state index in [0.717, 1.165) is 66.5 Å². The minimum Gasteiger partial charge on any atom is -0.389 e. The summed E-state index contributed by atoms with van der Waals surface area (Å²) < 4.78 is 3.70. The summed E-state index contributed by atoms with van der Waals surface area (Å²) in [5.41, 5.74) is 4.39. The molecule has 1 aliphatic carbocycles. The smallest absolute Gasteiger partial charge is 0.259 e. The van der Waals surface area contributed by atoms with Gasteiger partial charge in [0.1, 0.15) is 17.5 Å². The molecular weight excluding hydrogens is 528 g/mol. The van der Waals surface area contributed by atoms with Crippen molar-refractivity contribution in [1.82, 2.24) is 19.2 Å². The van der Waals surface area contributed by atoms with Crippen molar-refractivity contribution in [2.75, 3.05) is 0 Å². The molecule has 0 saturated heterocycles. The fourth-order valence-corrected chi connectivity index (χ4v) is 6.42. The highest BCUT2D eigenvalue weighted by atomic mass is 16.7. The second-order valence-electron chi connectivity index (χ2n) is 12.1. The number of hydrogen-bond acceptors (Lipinski definition) is 7. The van der Waals surface area contributed by atoms with Gasteiger partial charge >= 0.3 is 0 Å². The third-order valence-corrected chi connectivity index (χ3v) is 8.78. The maximum absolute atomic E-state index is 14.3. The summed E-state index contributed by atoms with van der Waals surface area (Å²) in [7, 11) is 0. The maximum Gasteiger partial charge on any atom is 0.259 e. The summed E-state index contributed by atoms with van der Waals surface area (Å²) in [4.78, 5) is 24.8. The molecule has 9 nitrogen and oxygen atoms in total. The summed E-state index contributed by atoms with van der Waals surface area (Å²) in [6, 6.07) is 17.9. The number of rotatable bonds is 7. The van der Waals surface area contributed by atoms with Gasteiger partial charge in [0.05, 0.1) is 23.0 Å². The Morgan fingerprint density at radius 2 is 1.88 bits per heavy atom. The van der Waals surface area contributed by atoms with Crippen LogP contribution in [0.4, 0.5) is 0 Å². The number of fused-ring (bicyclic) bond motifs is 1. The van der Waals surface area contributed by atoms with Gasteiger partial charge in [-0.2, -0.15) is 15.3 Å². The first-order valence-electron chi connectivity index (χ1n) is 14.8. The number of aryl methyl sites for hydroxylation is 1. The number of aromatic nitrogens is 4. The lowest BCUT2D eigenvalue weighted by Gasteiger charge is -2.36. The van der Waals surface area contributed by atoms with Gasteiger partial charge in [-0.05, 0) is 68.7 Å². The Labute approximate surface area is 245 Å². The van der Waals surface area contributed by atoms with Crippen LogP contribution in [-0.2, 0) is 17.7 Å². The minimum absolute atomic E-state index is 0.0143. The normalized spacial score (nSPS) is 20.5. The van der Waals surface area contributed by atoms with Gasteiger partial charge in [-0.1, -0.05) is 61.0 Å². The van der Waals surface area contributed by atoms with Gasteiger partial charge in [-0.3, -0.25) is 9.36 Å². The molecule has 0 bridgehead atoms. The van der Waals surface area contributed by atoms with E-state index in [2.05, 4.69) is 28.2 Å². The van der Waals surface area contributed by atoms with E-state index in [0.29, 0.717) is 29.9 Å². The summed E-state index contributed by atoms with van der Waals surface area (Å²) in [5, 5.41) is 28.7. The largest absolute Gasteiger partial charge is 0.389 e. The minimum atomic E-state index is -1.01. The van der Waals surface area contributed by atoms with Crippen molar-refractivity contribution >= 4 is 11.5 Å². The van der Waals surface area contributed by atoms with Crippen molar-refractivity contribution in [3.05, 3.63) is 87.6 Å². The average molecular weight is 565 g/mol. The highest BCUT2D eigenvalue weighted by molar-refractivity contribution is 5.93. The predicted molar refractivity (Wildman–Crippen MR) is 160 cm³/mol. The number of nitrogens with zero attached hydrogens (tertiary/aromatic N) is 6. The molecule has 42 heavy (non-hydrogen) atoms. The molecule has 0 unspecified atom stereocenters. The van der Waals surface area contributed by atoms with Crippen molar-refractivity contribution in [2.45, 2.75) is 89.4 Å². The van der Waals surface area contributed by atoms with Crippen LogP contribution in [0.2, 0.25) is 0 Å². The van der Waals surface area contributed by atoms with Crippen molar-refractivity contribution in [3.63, 3.8) is 0 Å². The zero-order chi connectivity index (χ0) is 29.5. The summed E-state index contributed by atoms with van der Waals surface area (Å²) in [5.74, 6) is 0.581. The Balaban J connectivity index is 1.32. The monoisotopic (exact) mass is 564 g/mol. The van der Waals surface area contributed by atoms with E-state index in [1.807, 2.05) is 57.6 Å². The van der Waals surface area contributed by atoms with E-state index in [-0.39, 0.29) is 11.6 Å². The highest BCUT2D eigenvalue weighted by Crippen LogP contribution is 2.43. The van der Waals surface area contributed by atoms with Crippen molar-refractivity contribution in [2.24, 2.45) is 5.16 Å². The SMILES string of the molecule is CCCc1c(Cc2ccc(-c3ccccc3C#N)cc2)c(=O)n(C2CCC3(CC2)CC(C(C)(C)O)=NO3)c2ncnn12. The van der Waals surface area contributed by atoms with E-state index in [1.165, 1.54) is 6.33 Å². The van der Waals surface area contributed by atoms with Gasteiger partial charge in [0.15, 0.2) is 0 Å². The first-order valence-corrected chi connectivity index (χ1v) is 14.8. The summed E-state index contributed by atoms with van der Waals surface area (Å²) in [6.45, 7) is 5.57. The Hall–Kier alpha value is -4.29. The number of hydrogen-bond donors (Lipinski definition) is 1. The standard InChI is InChI=1S/C33H36N6O3/c1-4-7-28-27(18-22-10-12-23(13-11-22)26-9-6-5-8-24(26)20-34)30(40)38(31-35-21-36-39(28)31)25-14-16-33(17-15-25)19-29(37-42-33)32(2,3)41/h5-6,8-13,21,25,41H,4,7,14-19H2,1-3H3. The molecular formula is C33H36N6O3. The molecule has 2 aliphatic rings. The quantitative estimate of drug-likeness (QED) is 0.322. The molecule has 1 fully saturated rings. The fraction of sp³-hybridized carbons (Fsp3) is 0.424. The molecule has 0 atom stereocenters. The van der Waals surface area contributed by atoms with Gasteiger partial charge in [0, 0.05) is 24.4 Å². The third-order valence-electron chi connectivity index (χ3n) is 8.78. The molecule has 1 N–H and O–H groups in total. The topological polar surface area (TPSA) is 118 Å². The maximum atomic E-state index is 14.3. The van der Waals surface area contributed by atoms with E-state index >= 15 is 0 Å². The van der Waals surface area contributed by atoms with E-state index in [9.17, 15) is 15.2 Å². The second kappa shape index (κ2) is 10.8.